The lowest BCUT2D eigenvalue weighted by molar-refractivity contribution is 0.436. The fourth-order valence-corrected chi connectivity index (χ4v) is 12.8. The second-order valence-corrected chi connectivity index (χ2v) is 15.5. The minimum absolute atomic E-state index is 0.329. The molecule has 1 aliphatic rings. The molecule has 2 unspecified atom stereocenters. The molecule has 0 amide bonds. The molecule has 0 N–H and O–H groups in total. The molecule has 6 aromatic rings. The molecule has 7 rings (SSSR count). The maximum absolute atomic E-state index is 2.99. The van der Waals surface area contributed by atoms with Crippen LogP contribution in [0.1, 0.15) is 22.6 Å². The molecular weight excluding hydrogens is 556 g/mol. The van der Waals surface area contributed by atoms with Crippen molar-refractivity contribution in [2.75, 3.05) is 0 Å². The second-order valence-electron chi connectivity index (χ2n) is 11.1. The molecule has 0 saturated carbocycles. The Morgan fingerprint density at radius 3 is 1.26 bits per heavy atom. The van der Waals surface area contributed by atoms with Gasteiger partial charge in [0.05, 0.1) is 0 Å². The van der Waals surface area contributed by atoms with Crippen molar-refractivity contribution in [1.82, 2.24) is 4.44 Å². The molecule has 3 heteroatoms. The van der Waals surface area contributed by atoms with E-state index in [2.05, 4.69) is 180 Å². The topological polar surface area (TPSA) is 3.24 Å². The lowest BCUT2D eigenvalue weighted by Crippen LogP contribution is -2.41. The summed E-state index contributed by atoms with van der Waals surface area (Å²) < 4.78 is 2.99. The van der Waals surface area contributed by atoms with E-state index in [-0.39, 0.29) is 0 Å². The lowest BCUT2D eigenvalue weighted by atomic mass is 9.91. The minimum Gasteiger partial charge on any atom is -0.241 e. The highest BCUT2D eigenvalue weighted by molar-refractivity contribution is 7.84. The molecule has 0 bridgehead atoms. The maximum Gasteiger partial charge on any atom is 0.0326 e. The van der Waals surface area contributed by atoms with E-state index < -0.39 is 16.1 Å². The number of fused-ring (bicyclic) bond motifs is 1. The molecule has 0 heterocycles. The highest BCUT2D eigenvalue weighted by Gasteiger charge is 2.44. The van der Waals surface area contributed by atoms with Gasteiger partial charge in [0, 0.05) is 28.1 Å². The average Bonchev–Trinajstić information content (AvgIpc) is 3.44. The largest absolute Gasteiger partial charge is 0.241 e. The van der Waals surface area contributed by atoms with Crippen LogP contribution in [0, 0.1) is 0 Å². The Morgan fingerprint density at radius 2 is 0.814 bits per heavy atom. The van der Waals surface area contributed by atoms with E-state index in [1.165, 1.54) is 37.9 Å². The fourth-order valence-electron chi connectivity index (χ4n) is 6.45. The Hall–Kier alpha value is -3.86. The van der Waals surface area contributed by atoms with E-state index in [1.54, 1.807) is 0 Å². The van der Waals surface area contributed by atoms with Crippen molar-refractivity contribution in [3.8, 4) is 0 Å². The van der Waals surface area contributed by atoms with Crippen molar-refractivity contribution in [3.05, 3.63) is 193 Å². The first-order valence-electron chi connectivity index (χ1n) is 15.1. The van der Waals surface area contributed by atoms with Gasteiger partial charge in [0.15, 0.2) is 0 Å². The molecular formula is C40H35NP2. The second kappa shape index (κ2) is 13.2. The zero-order valence-electron chi connectivity index (χ0n) is 24.2. The normalized spacial score (nSPS) is 16.1. The number of rotatable bonds is 9. The predicted molar refractivity (Wildman–Crippen MR) is 187 cm³/mol. The summed E-state index contributed by atoms with van der Waals surface area (Å²) in [6, 6.07) is 65.7. The van der Waals surface area contributed by atoms with Gasteiger partial charge in [-0.2, -0.15) is 0 Å². The van der Waals surface area contributed by atoms with Gasteiger partial charge in [-0.15, -0.1) is 0 Å². The number of benzene rings is 6. The zero-order chi connectivity index (χ0) is 28.8. The van der Waals surface area contributed by atoms with E-state index in [1.807, 2.05) is 0 Å². The molecule has 0 radical (unpaired) electrons. The highest BCUT2D eigenvalue weighted by Crippen LogP contribution is 2.59. The Morgan fingerprint density at radius 1 is 0.442 bits per heavy atom. The summed E-state index contributed by atoms with van der Waals surface area (Å²) in [5, 5.41) is 5.60. The summed E-state index contributed by atoms with van der Waals surface area (Å²) >= 11 is 0. The monoisotopic (exact) mass is 591 g/mol. The van der Waals surface area contributed by atoms with Gasteiger partial charge in [-0.25, -0.2) is 4.44 Å². The maximum atomic E-state index is 2.99. The van der Waals surface area contributed by atoms with Crippen molar-refractivity contribution in [2.45, 2.75) is 24.8 Å². The Kier molecular flexibility index (Phi) is 8.58. The van der Waals surface area contributed by atoms with E-state index in [4.69, 9.17) is 0 Å². The zero-order valence-corrected chi connectivity index (χ0v) is 25.9. The third-order valence-electron chi connectivity index (χ3n) is 8.36. The Balaban J connectivity index is 1.48. The van der Waals surface area contributed by atoms with Crippen molar-refractivity contribution in [2.24, 2.45) is 0 Å². The van der Waals surface area contributed by atoms with Gasteiger partial charge in [-0.1, -0.05) is 176 Å². The van der Waals surface area contributed by atoms with Gasteiger partial charge >= 0.3 is 0 Å². The van der Waals surface area contributed by atoms with E-state index >= 15 is 0 Å². The summed E-state index contributed by atoms with van der Waals surface area (Å²) in [5.41, 5.74) is 4.40. The minimum atomic E-state index is -0.854. The average molecular weight is 592 g/mol. The molecule has 0 saturated heterocycles. The van der Waals surface area contributed by atoms with Crippen LogP contribution in [-0.2, 0) is 12.8 Å². The van der Waals surface area contributed by atoms with Crippen molar-refractivity contribution in [3.63, 3.8) is 0 Å². The summed E-state index contributed by atoms with van der Waals surface area (Å²) in [5.74, 6) is 0.383. The standard InChI is InChI=1S/C40H35NP2/c1-6-18-32(19-7-1)30-39-38-29-17-16-20-33(38)31-40(39)41(42(34-21-8-2-9-22-34)35-23-10-3-11-24-35)43(36-25-12-4-13-26-36)37-27-14-5-15-28-37/h1-29,39-40H,30-31H2. The van der Waals surface area contributed by atoms with Crippen LogP contribution >= 0.6 is 16.1 Å². The molecule has 0 fully saturated rings. The SMILES string of the molecule is c1ccc(CC2c3ccccc3CC2N(P(c2ccccc2)c2ccccc2)P(c2ccccc2)c2ccccc2)cc1. The van der Waals surface area contributed by atoms with Gasteiger partial charge in [-0.05, 0) is 50.8 Å². The van der Waals surface area contributed by atoms with E-state index in [0.29, 0.717) is 12.0 Å². The van der Waals surface area contributed by atoms with Gasteiger partial charge < -0.3 is 0 Å². The first-order chi connectivity index (χ1) is 21.4. The van der Waals surface area contributed by atoms with Crippen molar-refractivity contribution in [1.29, 1.82) is 0 Å². The first kappa shape index (κ1) is 27.9. The van der Waals surface area contributed by atoms with Gasteiger partial charge in [0.2, 0.25) is 0 Å². The van der Waals surface area contributed by atoms with Crippen molar-refractivity contribution < 1.29 is 0 Å². The van der Waals surface area contributed by atoms with Crippen LogP contribution < -0.4 is 21.2 Å². The van der Waals surface area contributed by atoms with Gasteiger partial charge in [0.1, 0.15) is 0 Å². The van der Waals surface area contributed by atoms with Gasteiger partial charge in [-0.3, -0.25) is 0 Å². The molecule has 0 aromatic heterocycles. The molecule has 0 aliphatic heterocycles. The molecule has 6 aromatic carbocycles. The number of hydrogen-bond donors (Lipinski definition) is 0. The molecule has 0 spiro atoms. The van der Waals surface area contributed by atoms with Crippen LogP contribution in [0.3, 0.4) is 0 Å². The molecule has 210 valence electrons. The molecule has 2 atom stereocenters. The fraction of sp³-hybridized carbons (Fsp3) is 0.100. The molecule has 1 nitrogen and oxygen atoms in total. The summed E-state index contributed by atoms with van der Waals surface area (Å²) in [6.07, 6.45) is 2.07. The lowest BCUT2D eigenvalue weighted by Gasteiger charge is -2.45. The van der Waals surface area contributed by atoms with Crippen LogP contribution in [0.5, 0.6) is 0 Å². The van der Waals surface area contributed by atoms with Crippen LogP contribution in [0.4, 0.5) is 0 Å². The van der Waals surface area contributed by atoms with Crippen LogP contribution in [-0.4, -0.2) is 10.5 Å². The predicted octanol–water partition coefficient (Wildman–Crippen LogP) is 8.34. The van der Waals surface area contributed by atoms with Crippen molar-refractivity contribution >= 4 is 37.4 Å². The quantitative estimate of drug-likeness (QED) is 0.153. The van der Waals surface area contributed by atoms with Crippen LogP contribution in [0.15, 0.2) is 176 Å². The first-order valence-corrected chi connectivity index (χ1v) is 17.7. The smallest absolute Gasteiger partial charge is 0.0326 e. The summed E-state index contributed by atoms with van der Waals surface area (Å²) in [4.78, 5) is 0. The summed E-state index contributed by atoms with van der Waals surface area (Å²) in [6.45, 7) is 0. The van der Waals surface area contributed by atoms with E-state index in [0.717, 1.165) is 12.8 Å². The number of hydrogen-bond acceptors (Lipinski definition) is 1. The Labute approximate surface area is 258 Å². The third-order valence-corrected chi connectivity index (χ3v) is 14.0. The Bertz CT molecular complexity index is 1570. The summed E-state index contributed by atoms with van der Waals surface area (Å²) in [7, 11) is -1.71. The third kappa shape index (κ3) is 6.00. The van der Waals surface area contributed by atoms with Crippen LogP contribution in [0.25, 0.3) is 0 Å². The number of nitrogens with zero attached hydrogens (tertiary/aromatic N) is 1. The van der Waals surface area contributed by atoms with Crippen LogP contribution in [0.2, 0.25) is 0 Å². The highest BCUT2D eigenvalue weighted by atomic mass is 31.2. The molecule has 1 aliphatic carbocycles. The molecule has 43 heavy (non-hydrogen) atoms. The van der Waals surface area contributed by atoms with Gasteiger partial charge in [0.25, 0.3) is 0 Å². The van der Waals surface area contributed by atoms with E-state index in [9.17, 15) is 0 Å².